The molecule has 0 spiro atoms. The van der Waals surface area contributed by atoms with Gasteiger partial charge < -0.3 is 26.0 Å². The Morgan fingerprint density at radius 2 is 1.81 bits per heavy atom. The average Bonchev–Trinajstić information content (AvgIpc) is 3.10. The lowest BCUT2D eigenvalue weighted by molar-refractivity contribution is -0.112. The standard InChI is InChI=1S/C24H30N4O3S/c1-14-11-15(2)20(16(3)12-14)27-22(29)21-17(4)26-24(32-21)28-23(30)25-10-9-18-7-6-8-19(13-18)31-5/h6-8,11-13,24,26H,9-10H2,1-5H3,(H,27,29)(H2,25,28,30). The molecule has 1 aliphatic rings. The van der Waals surface area contributed by atoms with Crippen LogP contribution in [-0.2, 0) is 11.2 Å². The van der Waals surface area contributed by atoms with E-state index in [0.29, 0.717) is 17.9 Å². The average molecular weight is 455 g/mol. The van der Waals surface area contributed by atoms with Gasteiger partial charge in [-0.25, -0.2) is 4.79 Å². The van der Waals surface area contributed by atoms with E-state index in [2.05, 4.69) is 21.3 Å². The van der Waals surface area contributed by atoms with Gasteiger partial charge in [0.15, 0.2) is 5.50 Å². The van der Waals surface area contributed by atoms with Gasteiger partial charge in [0.25, 0.3) is 5.91 Å². The molecule has 7 nitrogen and oxygen atoms in total. The Hall–Kier alpha value is -3.13. The van der Waals surface area contributed by atoms with Gasteiger partial charge in [-0.1, -0.05) is 41.6 Å². The lowest BCUT2D eigenvalue weighted by atomic mass is 10.1. The molecule has 0 saturated heterocycles. The van der Waals surface area contributed by atoms with Gasteiger partial charge in [-0.15, -0.1) is 0 Å². The molecule has 8 heteroatoms. The van der Waals surface area contributed by atoms with Gasteiger partial charge in [-0.2, -0.15) is 0 Å². The predicted molar refractivity (Wildman–Crippen MR) is 130 cm³/mol. The van der Waals surface area contributed by atoms with E-state index in [4.69, 9.17) is 4.74 Å². The van der Waals surface area contributed by atoms with Gasteiger partial charge in [0.1, 0.15) is 5.75 Å². The third-order valence-electron chi connectivity index (χ3n) is 5.14. The minimum atomic E-state index is -0.409. The third kappa shape index (κ3) is 5.97. The monoisotopic (exact) mass is 454 g/mol. The van der Waals surface area contributed by atoms with Crippen molar-refractivity contribution in [3.8, 4) is 5.75 Å². The molecule has 2 aromatic rings. The minimum Gasteiger partial charge on any atom is -0.497 e. The van der Waals surface area contributed by atoms with Crippen LogP contribution < -0.4 is 26.0 Å². The number of thioether (sulfide) groups is 1. The van der Waals surface area contributed by atoms with Crippen LogP contribution >= 0.6 is 11.8 Å². The summed E-state index contributed by atoms with van der Waals surface area (Å²) in [5.74, 6) is 0.611. The second-order valence-electron chi connectivity index (χ2n) is 7.83. The molecular formula is C24H30N4O3S. The smallest absolute Gasteiger partial charge is 0.317 e. The Balaban J connectivity index is 1.49. The molecule has 0 radical (unpaired) electrons. The number of hydrogen-bond donors (Lipinski definition) is 4. The topological polar surface area (TPSA) is 91.5 Å². The molecule has 0 saturated carbocycles. The largest absolute Gasteiger partial charge is 0.497 e. The molecule has 32 heavy (non-hydrogen) atoms. The van der Waals surface area contributed by atoms with Gasteiger partial charge in [0.05, 0.1) is 12.0 Å². The first-order valence-electron chi connectivity index (χ1n) is 10.5. The van der Waals surface area contributed by atoms with Crippen LogP contribution in [0.5, 0.6) is 5.75 Å². The number of carbonyl (C=O) groups excluding carboxylic acids is 2. The number of urea groups is 1. The molecular weight excluding hydrogens is 424 g/mol. The fraction of sp³-hybridized carbons (Fsp3) is 0.333. The predicted octanol–water partition coefficient (Wildman–Crippen LogP) is 3.95. The number of allylic oxidation sites excluding steroid dienone is 1. The Bertz CT molecular complexity index is 1030. The molecule has 1 atom stereocenters. The minimum absolute atomic E-state index is 0.183. The molecule has 0 aliphatic carbocycles. The lowest BCUT2D eigenvalue weighted by Gasteiger charge is -2.15. The molecule has 0 aromatic heterocycles. The van der Waals surface area contributed by atoms with Crippen LogP contribution in [0.1, 0.15) is 29.2 Å². The van der Waals surface area contributed by atoms with E-state index in [0.717, 1.165) is 39.4 Å². The summed E-state index contributed by atoms with van der Waals surface area (Å²) in [5.41, 5.74) is 5.44. The summed E-state index contributed by atoms with van der Waals surface area (Å²) in [6.45, 7) is 8.32. The molecule has 0 fully saturated rings. The number of hydrogen-bond acceptors (Lipinski definition) is 5. The first-order valence-corrected chi connectivity index (χ1v) is 11.4. The highest BCUT2D eigenvalue weighted by atomic mass is 32.2. The molecule has 0 bridgehead atoms. The zero-order valence-electron chi connectivity index (χ0n) is 19.1. The van der Waals surface area contributed by atoms with Crippen molar-refractivity contribution in [2.45, 2.75) is 39.6 Å². The van der Waals surface area contributed by atoms with Gasteiger partial charge in [-0.05, 0) is 62.9 Å². The van der Waals surface area contributed by atoms with Crippen molar-refractivity contribution < 1.29 is 14.3 Å². The van der Waals surface area contributed by atoms with Crippen molar-refractivity contribution in [3.63, 3.8) is 0 Å². The highest BCUT2D eigenvalue weighted by Crippen LogP contribution is 2.31. The first-order chi connectivity index (χ1) is 15.3. The fourth-order valence-corrected chi connectivity index (χ4v) is 4.68. The first kappa shape index (κ1) is 23.5. The molecule has 1 unspecified atom stereocenters. The van der Waals surface area contributed by atoms with E-state index >= 15 is 0 Å². The van der Waals surface area contributed by atoms with E-state index in [1.807, 2.05) is 64.1 Å². The second-order valence-corrected chi connectivity index (χ2v) is 8.94. The van der Waals surface area contributed by atoms with Crippen molar-refractivity contribution in [2.75, 3.05) is 19.0 Å². The number of ether oxygens (including phenoxy) is 1. The summed E-state index contributed by atoms with van der Waals surface area (Å²) < 4.78 is 5.22. The van der Waals surface area contributed by atoms with E-state index in [-0.39, 0.29) is 11.9 Å². The zero-order chi connectivity index (χ0) is 23.3. The Morgan fingerprint density at radius 3 is 2.50 bits per heavy atom. The summed E-state index contributed by atoms with van der Waals surface area (Å²) >= 11 is 1.29. The Labute approximate surface area is 193 Å². The van der Waals surface area contributed by atoms with Gasteiger partial charge in [0.2, 0.25) is 0 Å². The molecule has 1 heterocycles. The van der Waals surface area contributed by atoms with Crippen molar-refractivity contribution in [1.82, 2.24) is 16.0 Å². The highest BCUT2D eigenvalue weighted by Gasteiger charge is 2.28. The van der Waals surface area contributed by atoms with E-state index in [1.165, 1.54) is 11.8 Å². The molecule has 4 N–H and O–H groups in total. The van der Waals surface area contributed by atoms with Crippen LogP contribution in [0.15, 0.2) is 47.0 Å². The van der Waals surface area contributed by atoms with E-state index < -0.39 is 5.50 Å². The summed E-state index contributed by atoms with van der Waals surface area (Å²) in [7, 11) is 1.63. The summed E-state index contributed by atoms with van der Waals surface area (Å²) in [5, 5.41) is 11.9. The number of aryl methyl sites for hydroxylation is 3. The van der Waals surface area contributed by atoms with Crippen molar-refractivity contribution in [3.05, 3.63) is 69.3 Å². The maximum absolute atomic E-state index is 12.9. The Morgan fingerprint density at radius 1 is 1.09 bits per heavy atom. The van der Waals surface area contributed by atoms with Crippen LogP contribution in [0.3, 0.4) is 0 Å². The second kappa shape index (κ2) is 10.5. The molecule has 3 amide bonds. The normalized spacial score (nSPS) is 15.2. The highest BCUT2D eigenvalue weighted by molar-refractivity contribution is 8.04. The molecule has 3 rings (SSSR count). The number of rotatable bonds is 7. The summed E-state index contributed by atoms with van der Waals surface area (Å²) in [4.78, 5) is 25.7. The van der Waals surface area contributed by atoms with Gasteiger partial charge in [-0.3, -0.25) is 4.79 Å². The number of nitrogens with one attached hydrogen (secondary N) is 4. The number of anilines is 1. The van der Waals surface area contributed by atoms with E-state index in [1.54, 1.807) is 7.11 Å². The SMILES string of the molecule is COc1cccc(CCNC(=O)NC2NC(C)=C(C(=O)Nc3c(C)cc(C)cc3C)S2)c1. The molecule has 1 aliphatic heterocycles. The van der Waals surface area contributed by atoms with Crippen LogP contribution in [0, 0.1) is 20.8 Å². The van der Waals surface area contributed by atoms with Crippen molar-refractivity contribution in [1.29, 1.82) is 0 Å². The fourth-order valence-electron chi connectivity index (χ4n) is 3.65. The lowest BCUT2D eigenvalue weighted by Crippen LogP contribution is -2.45. The quantitative estimate of drug-likeness (QED) is 0.509. The van der Waals surface area contributed by atoms with Crippen molar-refractivity contribution >= 4 is 29.4 Å². The van der Waals surface area contributed by atoms with Crippen LogP contribution in [0.25, 0.3) is 0 Å². The van der Waals surface area contributed by atoms with Crippen molar-refractivity contribution in [2.24, 2.45) is 0 Å². The number of amides is 3. The molecule has 2 aromatic carbocycles. The Kier molecular flexibility index (Phi) is 7.69. The number of carbonyl (C=O) groups is 2. The summed E-state index contributed by atoms with van der Waals surface area (Å²) in [6.07, 6.45) is 0.691. The maximum atomic E-state index is 12.9. The van der Waals surface area contributed by atoms with Crippen LogP contribution in [0.4, 0.5) is 10.5 Å². The van der Waals surface area contributed by atoms with Crippen LogP contribution in [-0.4, -0.2) is 31.1 Å². The van der Waals surface area contributed by atoms with E-state index in [9.17, 15) is 9.59 Å². The van der Waals surface area contributed by atoms with Crippen LogP contribution in [0.2, 0.25) is 0 Å². The maximum Gasteiger partial charge on any atom is 0.317 e. The molecule has 170 valence electrons. The van der Waals surface area contributed by atoms with Gasteiger partial charge in [0, 0.05) is 17.9 Å². The van der Waals surface area contributed by atoms with Gasteiger partial charge >= 0.3 is 6.03 Å². The third-order valence-corrected chi connectivity index (χ3v) is 6.34. The number of benzene rings is 2. The number of methoxy groups -OCH3 is 1. The zero-order valence-corrected chi connectivity index (χ0v) is 19.9. The summed E-state index contributed by atoms with van der Waals surface area (Å²) in [6, 6.07) is 11.5.